The summed E-state index contributed by atoms with van der Waals surface area (Å²) in [7, 11) is 0. The van der Waals surface area contributed by atoms with Crippen molar-refractivity contribution < 1.29 is 9.59 Å². The molecule has 1 saturated heterocycles. The Morgan fingerprint density at radius 3 is 2.82 bits per heavy atom. The summed E-state index contributed by atoms with van der Waals surface area (Å²) < 4.78 is 0.924. The highest BCUT2D eigenvalue weighted by molar-refractivity contribution is 9.10. The van der Waals surface area contributed by atoms with Gasteiger partial charge in [-0.2, -0.15) is 0 Å². The molecule has 2 heterocycles. The smallest absolute Gasteiger partial charge is 0.293 e. The van der Waals surface area contributed by atoms with Crippen molar-refractivity contribution in [1.82, 2.24) is 4.90 Å². The van der Waals surface area contributed by atoms with Crippen LogP contribution >= 0.6 is 39.0 Å². The predicted octanol–water partition coefficient (Wildman–Crippen LogP) is 2.51. The molecule has 0 unspecified atom stereocenters. The molecule has 2 amide bonds. The Morgan fingerprint density at radius 1 is 1.47 bits per heavy atom. The molecule has 2 N–H and O–H groups in total. The number of hydrogen-bond acceptors (Lipinski definition) is 5. The third-order valence-corrected chi connectivity index (χ3v) is 4.86. The van der Waals surface area contributed by atoms with E-state index in [2.05, 4.69) is 15.9 Å². The van der Waals surface area contributed by atoms with E-state index in [4.69, 9.17) is 5.73 Å². The molecule has 1 aliphatic rings. The van der Waals surface area contributed by atoms with Crippen LogP contribution < -0.4 is 5.73 Å². The summed E-state index contributed by atoms with van der Waals surface area (Å²) in [5.41, 5.74) is 5.36. The summed E-state index contributed by atoms with van der Waals surface area (Å²) in [5, 5.41) is 1.67. The number of rotatable bonds is 3. The summed E-state index contributed by atoms with van der Waals surface area (Å²) in [6, 6.07) is 1.90. The Labute approximate surface area is 115 Å². The molecule has 4 nitrogen and oxygen atoms in total. The Hall–Kier alpha value is -0.630. The van der Waals surface area contributed by atoms with E-state index in [0.717, 1.165) is 21.1 Å². The number of thioether (sulfide) groups is 1. The predicted molar refractivity (Wildman–Crippen MR) is 73.8 cm³/mol. The molecule has 1 aromatic heterocycles. The van der Waals surface area contributed by atoms with Crippen molar-refractivity contribution >= 4 is 56.3 Å². The van der Waals surface area contributed by atoms with Gasteiger partial charge in [-0.25, -0.2) is 0 Å². The molecule has 0 spiro atoms. The van der Waals surface area contributed by atoms with Gasteiger partial charge in [0.25, 0.3) is 11.1 Å². The maximum absolute atomic E-state index is 11.9. The molecule has 0 radical (unpaired) electrons. The molecule has 0 saturated carbocycles. The van der Waals surface area contributed by atoms with E-state index < -0.39 is 0 Å². The van der Waals surface area contributed by atoms with Crippen LogP contribution in [0.15, 0.2) is 20.8 Å². The van der Waals surface area contributed by atoms with E-state index in [9.17, 15) is 9.59 Å². The van der Waals surface area contributed by atoms with Crippen LogP contribution in [-0.2, 0) is 4.79 Å². The summed E-state index contributed by atoms with van der Waals surface area (Å²) in [5.74, 6) is -0.259. The highest BCUT2D eigenvalue weighted by Gasteiger charge is 2.34. The lowest BCUT2D eigenvalue weighted by Gasteiger charge is -2.09. The third kappa shape index (κ3) is 2.62. The Bertz CT molecular complexity index is 498. The zero-order valence-electron chi connectivity index (χ0n) is 8.68. The molecule has 0 bridgehead atoms. The van der Waals surface area contributed by atoms with Crippen molar-refractivity contribution in [1.29, 1.82) is 0 Å². The van der Waals surface area contributed by atoms with Gasteiger partial charge in [-0.1, -0.05) is 0 Å². The van der Waals surface area contributed by atoms with E-state index in [0.29, 0.717) is 4.91 Å². The second-order valence-corrected chi connectivity index (χ2v) is 6.05. The van der Waals surface area contributed by atoms with Crippen molar-refractivity contribution in [3.63, 3.8) is 0 Å². The lowest BCUT2D eigenvalue weighted by Crippen LogP contribution is -2.33. The molecule has 1 fully saturated rings. The van der Waals surface area contributed by atoms with Crippen LogP contribution in [0.2, 0.25) is 0 Å². The molecule has 0 aliphatic carbocycles. The van der Waals surface area contributed by atoms with Crippen molar-refractivity contribution in [3.8, 4) is 0 Å². The van der Waals surface area contributed by atoms with Gasteiger partial charge in [0.1, 0.15) is 0 Å². The second kappa shape index (κ2) is 5.34. The van der Waals surface area contributed by atoms with Gasteiger partial charge in [0, 0.05) is 22.4 Å². The number of nitrogens with zero attached hydrogens (tertiary/aromatic N) is 1. The molecule has 90 valence electrons. The normalized spacial score (nSPS) is 18.5. The molecule has 0 aromatic carbocycles. The summed E-state index contributed by atoms with van der Waals surface area (Å²) >= 11 is 5.85. The highest BCUT2D eigenvalue weighted by atomic mass is 79.9. The first-order chi connectivity index (χ1) is 8.13. The van der Waals surface area contributed by atoms with Gasteiger partial charge < -0.3 is 5.73 Å². The van der Waals surface area contributed by atoms with Crippen molar-refractivity contribution in [2.75, 3.05) is 13.1 Å². The number of halogens is 1. The molecule has 7 heteroatoms. The van der Waals surface area contributed by atoms with Crippen LogP contribution in [0.25, 0.3) is 6.08 Å². The lowest BCUT2D eigenvalue weighted by molar-refractivity contribution is -0.122. The van der Waals surface area contributed by atoms with Gasteiger partial charge in [0.15, 0.2) is 0 Å². The minimum atomic E-state index is -0.259. The number of thiophene rings is 1. The standard InChI is InChI=1S/C10H9BrN2O2S2/c11-6-1-4-16-7(6)5-8-9(14)13(3-2-12)10(15)17-8/h1,4-5H,2-3,12H2/b8-5+. The van der Waals surface area contributed by atoms with Gasteiger partial charge in [-0.05, 0) is 45.2 Å². The van der Waals surface area contributed by atoms with Crippen molar-refractivity contribution in [3.05, 3.63) is 25.7 Å². The van der Waals surface area contributed by atoms with Gasteiger partial charge >= 0.3 is 0 Å². The summed E-state index contributed by atoms with van der Waals surface area (Å²) in [6.07, 6.45) is 1.73. The topological polar surface area (TPSA) is 63.4 Å². The minimum absolute atomic E-state index is 0.251. The van der Waals surface area contributed by atoms with Crippen LogP contribution in [0, 0.1) is 0 Å². The number of carbonyl (C=O) groups is 2. The van der Waals surface area contributed by atoms with Gasteiger partial charge in [0.2, 0.25) is 0 Å². The molecule has 17 heavy (non-hydrogen) atoms. The SMILES string of the molecule is NCCN1C(=O)S/C(=C/c2sccc2Br)C1=O. The van der Waals surface area contributed by atoms with E-state index in [-0.39, 0.29) is 24.2 Å². The van der Waals surface area contributed by atoms with E-state index in [1.54, 1.807) is 6.08 Å². The van der Waals surface area contributed by atoms with Crippen LogP contribution in [0.1, 0.15) is 4.88 Å². The van der Waals surface area contributed by atoms with Crippen LogP contribution in [0.3, 0.4) is 0 Å². The first-order valence-electron chi connectivity index (χ1n) is 4.82. The van der Waals surface area contributed by atoms with E-state index in [1.165, 1.54) is 16.2 Å². The monoisotopic (exact) mass is 332 g/mol. The van der Waals surface area contributed by atoms with Crippen LogP contribution in [0.4, 0.5) is 4.79 Å². The fraction of sp³-hybridized carbons (Fsp3) is 0.200. The molecular formula is C10H9BrN2O2S2. The van der Waals surface area contributed by atoms with Gasteiger partial charge in [-0.3, -0.25) is 14.5 Å². The third-order valence-electron chi connectivity index (χ3n) is 2.13. The molecule has 0 atom stereocenters. The first-order valence-corrected chi connectivity index (χ1v) is 7.31. The fourth-order valence-corrected chi connectivity index (χ4v) is 3.69. The number of nitrogens with two attached hydrogens (primary N) is 1. The largest absolute Gasteiger partial charge is 0.329 e. The number of carbonyl (C=O) groups excluding carboxylic acids is 2. The summed E-state index contributed by atoms with van der Waals surface area (Å²) in [4.78, 5) is 26.0. The van der Waals surface area contributed by atoms with E-state index in [1.807, 2.05) is 11.4 Å². The average molecular weight is 333 g/mol. The van der Waals surface area contributed by atoms with Crippen molar-refractivity contribution in [2.45, 2.75) is 0 Å². The molecule has 1 aromatic rings. The second-order valence-electron chi connectivity index (χ2n) is 3.25. The maximum Gasteiger partial charge on any atom is 0.293 e. The number of amides is 2. The van der Waals surface area contributed by atoms with Crippen molar-refractivity contribution in [2.24, 2.45) is 5.73 Å². The average Bonchev–Trinajstić information content (AvgIpc) is 2.79. The number of hydrogen-bond donors (Lipinski definition) is 1. The molecule has 2 rings (SSSR count). The minimum Gasteiger partial charge on any atom is -0.329 e. The summed E-state index contributed by atoms with van der Waals surface area (Å²) in [6.45, 7) is 0.557. The zero-order valence-corrected chi connectivity index (χ0v) is 11.9. The maximum atomic E-state index is 11.9. The number of imide groups is 1. The van der Waals surface area contributed by atoms with E-state index >= 15 is 0 Å². The van der Waals surface area contributed by atoms with Gasteiger partial charge in [-0.15, -0.1) is 11.3 Å². The first kappa shape index (κ1) is 12.8. The molecular weight excluding hydrogens is 324 g/mol. The van der Waals surface area contributed by atoms with Gasteiger partial charge in [0.05, 0.1) is 4.91 Å². The zero-order chi connectivity index (χ0) is 12.4. The van der Waals surface area contributed by atoms with Crippen LogP contribution in [-0.4, -0.2) is 29.1 Å². The Balaban J connectivity index is 2.25. The van der Waals surface area contributed by atoms with Crippen LogP contribution in [0.5, 0.6) is 0 Å². The quantitative estimate of drug-likeness (QED) is 0.864. The molecule has 1 aliphatic heterocycles. The highest BCUT2D eigenvalue weighted by Crippen LogP contribution is 2.34. The lowest BCUT2D eigenvalue weighted by atomic mass is 10.3. The fourth-order valence-electron chi connectivity index (χ4n) is 1.35. The Morgan fingerprint density at radius 2 is 2.24 bits per heavy atom. The Kier molecular flexibility index (Phi) is 4.03.